The van der Waals surface area contributed by atoms with Gasteiger partial charge in [0.2, 0.25) is 0 Å². The molecule has 0 aromatic heterocycles. The summed E-state index contributed by atoms with van der Waals surface area (Å²) < 4.78 is 0.270. The molecule has 2 aromatic carbocycles. The van der Waals surface area contributed by atoms with Crippen molar-refractivity contribution < 1.29 is 9.59 Å². The van der Waals surface area contributed by atoms with E-state index in [9.17, 15) is 9.59 Å². The van der Waals surface area contributed by atoms with E-state index in [2.05, 4.69) is 5.43 Å². The molecular weight excluding hydrogens is 388 g/mol. The number of nitrogens with zero attached hydrogens (tertiary/aromatic N) is 1. The number of hydrogen-bond donors (Lipinski definition) is 1. The summed E-state index contributed by atoms with van der Waals surface area (Å²) in [5.41, 5.74) is 5.75. The van der Waals surface area contributed by atoms with Crippen LogP contribution in [-0.2, 0) is 4.79 Å². The minimum Gasteiger partial charge on any atom is -0.267 e. The quantitative estimate of drug-likeness (QED) is 0.606. The Labute approximate surface area is 166 Å². The SMILES string of the molecule is Cc1ccc(C(=O)NN2C(=O)/C(=C\c3ccccc3C)SC2=S)c(Cl)c1. The van der Waals surface area contributed by atoms with Crippen LogP contribution in [0.2, 0.25) is 5.02 Å². The molecular formula is C19H15ClN2O2S2. The second-order valence-electron chi connectivity index (χ2n) is 5.80. The van der Waals surface area contributed by atoms with Gasteiger partial charge >= 0.3 is 0 Å². The molecule has 26 heavy (non-hydrogen) atoms. The highest BCUT2D eigenvalue weighted by Crippen LogP contribution is 2.32. The van der Waals surface area contributed by atoms with E-state index < -0.39 is 5.91 Å². The fraction of sp³-hybridized carbons (Fsp3) is 0.105. The summed E-state index contributed by atoms with van der Waals surface area (Å²) in [7, 11) is 0. The smallest absolute Gasteiger partial charge is 0.267 e. The monoisotopic (exact) mass is 402 g/mol. The maximum atomic E-state index is 12.6. The highest BCUT2D eigenvalue weighted by Gasteiger charge is 2.34. The lowest BCUT2D eigenvalue weighted by molar-refractivity contribution is -0.123. The fourth-order valence-electron chi connectivity index (χ4n) is 2.42. The summed E-state index contributed by atoms with van der Waals surface area (Å²) in [5, 5.41) is 1.41. The van der Waals surface area contributed by atoms with Gasteiger partial charge in [-0.2, -0.15) is 5.01 Å². The van der Waals surface area contributed by atoms with Gasteiger partial charge in [0.05, 0.1) is 15.5 Å². The van der Waals surface area contributed by atoms with E-state index in [0.29, 0.717) is 9.93 Å². The fourth-order valence-corrected chi connectivity index (χ4v) is 3.91. The molecule has 1 aliphatic rings. The number of hydrazine groups is 1. The van der Waals surface area contributed by atoms with Crippen LogP contribution in [0, 0.1) is 13.8 Å². The average Bonchev–Trinajstić information content (AvgIpc) is 2.84. The van der Waals surface area contributed by atoms with Gasteiger partial charge in [-0.1, -0.05) is 53.7 Å². The lowest BCUT2D eigenvalue weighted by Crippen LogP contribution is -2.44. The van der Waals surface area contributed by atoms with E-state index in [1.807, 2.05) is 38.1 Å². The third kappa shape index (κ3) is 3.82. The molecule has 7 heteroatoms. The van der Waals surface area contributed by atoms with E-state index in [1.165, 1.54) is 0 Å². The molecule has 1 N–H and O–H groups in total. The number of nitrogens with one attached hydrogen (secondary N) is 1. The second-order valence-corrected chi connectivity index (χ2v) is 7.88. The van der Waals surface area contributed by atoms with E-state index in [0.717, 1.165) is 33.5 Å². The van der Waals surface area contributed by atoms with E-state index in [4.69, 9.17) is 23.8 Å². The number of carbonyl (C=O) groups excluding carboxylic acids is 2. The normalized spacial score (nSPS) is 15.7. The van der Waals surface area contributed by atoms with Gasteiger partial charge in [-0.05, 0) is 61.0 Å². The first-order valence-corrected chi connectivity index (χ1v) is 9.38. The maximum absolute atomic E-state index is 12.6. The van der Waals surface area contributed by atoms with Crippen molar-refractivity contribution in [3.05, 3.63) is 74.6 Å². The van der Waals surface area contributed by atoms with Gasteiger partial charge in [0.15, 0.2) is 4.32 Å². The van der Waals surface area contributed by atoms with Crippen LogP contribution in [0.1, 0.15) is 27.0 Å². The zero-order valence-electron chi connectivity index (χ0n) is 14.1. The van der Waals surface area contributed by atoms with E-state index >= 15 is 0 Å². The molecule has 0 unspecified atom stereocenters. The number of carbonyl (C=O) groups is 2. The molecule has 0 aliphatic carbocycles. The van der Waals surface area contributed by atoms with Gasteiger partial charge in [-0.3, -0.25) is 15.0 Å². The van der Waals surface area contributed by atoms with Crippen molar-refractivity contribution in [2.45, 2.75) is 13.8 Å². The Bertz CT molecular complexity index is 956. The summed E-state index contributed by atoms with van der Waals surface area (Å²) in [5.74, 6) is -0.844. The number of thioether (sulfide) groups is 1. The lowest BCUT2D eigenvalue weighted by Gasteiger charge is -2.16. The molecule has 1 saturated heterocycles. The van der Waals surface area contributed by atoms with Crippen LogP contribution < -0.4 is 5.43 Å². The summed E-state index contributed by atoms with van der Waals surface area (Å²) in [6, 6.07) is 12.8. The Morgan fingerprint density at radius 1 is 1.23 bits per heavy atom. The first-order chi connectivity index (χ1) is 12.4. The molecule has 1 heterocycles. The number of thiocarbonyl (C=S) groups is 1. The van der Waals surface area contributed by atoms with Crippen LogP contribution in [0.5, 0.6) is 0 Å². The van der Waals surface area contributed by atoms with Crippen LogP contribution in [-0.4, -0.2) is 21.1 Å². The Balaban J connectivity index is 1.81. The van der Waals surface area contributed by atoms with Gasteiger partial charge in [-0.15, -0.1) is 0 Å². The number of aryl methyl sites for hydroxylation is 2. The van der Waals surface area contributed by atoms with Gasteiger partial charge in [-0.25, -0.2) is 0 Å². The molecule has 132 valence electrons. The minimum atomic E-state index is -0.483. The predicted molar refractivity (Wildman–Crippen MR) is 110 cm³/mol. The van der Waals surface area contributed by atoms with Crippen LogP contribution in [0.4, 0.5) is 0 Å². The number of benzene rings is 2. The van der Waals surface area contributed by atoms with Crippen molar-refractivity contribution in [3.63, 3.8) is 0 Å². The summed E-state index contributed by atoms with van der Waals surface area (Å²) >= 11 is 12.5. The first kappa shape index (κ1) is 18.6. The van der Waals surface area contributed by atoms with Gasteiger partial charge in [0, 0.05) is 0 Å². The minimum absolute atomic E-state index is 0.270. The Morgan fingerprint density at radius 3 is 2.65 bits per heavy atom. The molecule has 0 atom stereocenters. The standard InChI is InChI=1S/C19H15ClN2O2S2/c1-11-7-8-14(15(20)9-11)17(23)21-22-18(24)16(26-19(22)25)10-13-6-4-3-5-12(13)2/h3-10H,1-2H3,(H,21,23)/b16-10+. The molecule has 4 nitrogen and oxygen atoms in total. The second kappa shape index (κ2) is 7.61. The van der Waals surface area contributed by atoms with Crippen molar-refractivity contribution in [2.75, 3.05) is 0 Å². The van der Waals surface area contributed by atoms with Crippen molar-refractivity contribution in [1.29, 1.82) is 0 Å². The highest BCUT2D eigenvalue weighted by atomic mass is 35.5. The molecule has 2 aromatic rings. The van der Waals surface area contributed by atoms with E-state index in [-0.39, 0.29) is 15.8 Å². The molecule has 2 amide bonds. The number of rotatable bonds is 3. The third-order valence-electron chi connectivity index (χ3n) is 3.85. The van der Waals surface area contributed by atoms with Crippen molar-refractivity contribution >= 4 is 57.8 Å². The maximum Gasteiger partial charge on any atom is 0.285 e. The van der Waals surface area contributed by atoms with Crippen molar-refractivity contribution in [3.8, 4) is 0 Å². The largest absolute Gasteiger partial charge is 0.285 e. The zero-order valence-corrected chi connectivity index (χ0v) is 16.5. The third-order valence-corrected chi connectivity index (χ3v) is 5.47. The molecule has 1 aliphatic heterocycles. The summed E-state index contributed by atoms with van der Waals surface area (Å²) in [6.45, 7) is 3.85. The highest BCUT2D eigenvalue weighted by molar-refractivity contribution is 8.26. The molecule has 0 spiro atoms. The Morgan fingerprint density at radius 2 is 1.96 bits per heavy atom. The van der Waals surface area contributed by atoms with Crippen LogP contribution in [0.15, 0.2) is 47.4 Å². The van der Waals surface area contributed by atoms with Crippen molar-refractivity contribution in [1.82, 2.24) is 10.4 Å². The number of amides is 2. The number of hydrogen-bond acceptors (Lipinski definition) is 4. The van der Waals surface area contributed by atoms with Crippen LogP contribution >= 0.6 is 35.6 Å². The lowest BCUT2D eigenvalue weighted by atomic mass is 10.1. The van der Waals surface area contributed by atoms with Gasteiger partial charge in [0.1, 0.15) is 0 Å². The Hall–Kier alpha value is -2.15. The van der Waals surface area contributed by atoms with Gasteiger partial charge < -0.3 is 0 Å². The van der Waals surface area contributed by atoms with Crippen molar-refractivity contribution in [2.24, 2.45) is 0 Å². The van der Waals surface area contributed by atoms with Crippen LogP contribution in [0.25, 0.3) is 6.08 Å². The van der Waals surface area contributed by atoms with Crippen LogP contribution in [0.3, 0.4) is 0 Å². The van der Waals surface area contributed by atoms with E-state index in [1.54, 1.807) is 24.3 Å². The zero-order chi connectivity index (χ0) is 18.8. The predicted octanol–water partition coefficient (Wildman–Crippen LogP) is 4.50. The molecule has 3 rings (SSSR count). The molecule has 0 radical (unpaired) electrons. The topological polar surface area (TPSA) is 49.4 Å². The molecule has 0 bridgehead atoms. The van der Waals surface area contributed by atoms with Gasteiger partial charge in [0.25, 0.3) is 11.8 Å². The first-order valence-electron chi connectivity index (χ1n) is 7.77. The molecule has 0 saturated carbocycles. The average molecular weight is 403 g/mol. The number of halogens is 1. The Kier molecular flexibility index (Phi) is 5.46. The summed E-state index contributed by atoms with van der Waals surface area (Å²) in [6.07, 6.45) is 1.78. The molecule has 1 fully saturated rings. The summed E-state index contributed by atoms with van der Waals surface area (Å²) in [4.78, 5) is 25.6.